The lowest BCUT2D eigenvalue weighted by Crippen LogP contribution is -2.28. The fourth-order valence-electron chi connectivity index (χ4n) is 2.61. The van der Waals surface area contributed by atoms with Crippen molar-refractivity contribution in [1.29, 1.82) is 0 Å². The second kappa shape index (κ2) is 7.25. The van der Waals surface area contributed by atoms with Crippen LogP contribution in [-0.2, 0) is 4.79 Å². The first-order chi connectivity index (χ1) is 11.7. The molecule has 0 aliphatic heterocycles. The Morgan fingerprint density at radius 3 is 2.44 bits per heavy atom. The van der Waals surface area contributed by atoms with Crippen LogP contribution in [0.5, 0.6) is 0 Å². The van der Waals surface area contributed by atoms with Gasteiger partial charge in [-0.1, -0.05) is 5.57 Å². The van der Waals surface area contributed by atoms with E-state index >= 15 is 0 Å². The summed E-state index contributed by atoms with van der Waals surface area (Å²) < 4.78 is 1.81. The van der Waals surface area contributed by atoms with E-state index in [-0.39, 0.29) is 17.5 Å². The van der Waals surface area contributed by atoms with Gasteiger partial charge < -0.3 is 10.6 Å². The van der Waals surface area contributed by atoms with Crippen LogP contribution in [0.15, 0.2) is 39.8 Å². The second-order valence-electron chi connectivity index (χ2n) is 7.42. The van der Waals surface area contributed by atoms with Crippen molar-refractivity contribution < 1.29 is 4.79 Å². The molecule has 0 radical (unpaired) electrons. The maximum Gasteiger partial charge on any atom is 0.257 e. The summed E-state index contributed by atoms with van der Waals surface area (Å²) in [7, 11) is 0. The summed E-state index contributed by atoms with van der Waals surface area (Å²) >= 11 is 0. The average molecular weight is 343 g/mol. The normalized spacial score (nSPS) is 16.1. The van der Waals surface area contributed by atoms with Crippen molar-refractivity contribution in [3.05, 3.63) is 34.8 Å². The molecule has 0 saturated heterocycles. The summed E-state index contributed by atoms with van der Waals surface area (Å²) in [6.07, 6.45) is 4.06. The third kappa shape index (κ3) is 4.59. The highest BCUT2D eigenvalue weighted by Gasteiger charge is 2.38. The van der Waals surface area contributed by atoms with Gasteiger partial charge in [0.2, 0.25) is 0 Å². The number of hydrogen-bond acceptors (Lipinski definition) is 4. The number of anilines is 1. The lowest BCUT2D eigenvalue weighted by atomic mass is 10.0. The van der Waals surface area contributed by atoms with E-state index < -0.39 is 0 Å². The van der Waals surface area contributed by atoms with Crippen LogP contribution in [0, 0.1) is 0 Å². The van der Waals surface area contributed by atoms with E-state index in [1.54, 1.807) is 6.07 Å². The molecule has 1 aromatic heterocycles. The molecule has 0 atom stereocenters. The van der Waals surface area contributed by atoms with E-state index in [1.807, 2.05) is 45.5 Å². The van der Waals surface area contributed by atoms with Crippen molar-refractivity contribution in [2.45, 2.75) is 66.0 Å². The zero-order valence-electron chi connectivity index (χ0n) is 16.1. The maximum absolute atomic E-state index is 12.8. The quantitative estimate of drug-likeness (QED) is 0.449. The molecule has 6 heteroatoms. The minimum atomic E-state index is -0.185. The number of amides is 1. The van der Waals surface area contributed by atoms with Crippen LogP contribution < -0.4 is 10.6 Å². The number of aliphatic imine (C=N–C) groups is 1. The zero-order valence-corrected chi connectivity index (χ0v) is 16.1. The number of aromatic nitrogens is 2. The predicted molar refractivity (Wildman–Crippen MR) is 103 cm³/mol. The topological polar surface area (TPSA) is 71.3 Å². The van der Waals surface area contributed by atoms with Crippen LogP contribution in [0.1, 0.15) is 60.4 Å². The molecule has 2 rings (SSSR count). The van der Waals surface area contributed by atoms with Gasteiger partial charge in [-0.05, 0) is 61.1 Å². The van der Waals surface area contributed by atoms with Gasteiger partial charge in [-0.2, -0.15) is 5.10 Å². The van der Waals surface area contributed by atoms with Crippen molar-refractivity contribution in [3.63, 3.8) is 0 Å². The molecule has 25 heavy (non-hydrogen) atoms. The van der Waals surface area contributed by atoms with E-state index in [2.05, 4.69) is 34.4 Å². The number of nitrogens with one attached hydrogen (secondary N) is 2. The Balaban J connectivity index is 2.25. The molecule has 0 spiro atoms. The van der Waals surface area contributed by atoms with Crippen molar-refractivity contribution in [3.8, 4) is 0 Å². The van der Waals surface area contributed by atoms with Gasteiger partial charge in [0.05, 0.1) is 0 Å². The van der Waals surface area contributed by atoms with E-state index in [4.69, 9.17) is 0 Å². The highest BCUT2D eigenvalue weighted by atomic mass is 16.1. The Hall–Kier alpha value is -2.37. The molecule has 6 nitrogen and oxygen atoms in total. The average Bonchev–Trinajstić information content (AvgIpc) is 3.06. The molecular weight excluding hydrogens is 314 g/mol. The number of nitrogens with zero attached hydrogens (tertiary/aromatic N) is 3. The maximum atomic E-state index is 12.8. The van der Waals surface area contributed by atoms with E-state index in [0.717, 1.165) is 24.0 Å². The smallest absolute Gasteiger partial charge is 0.257 e. The molecule has 0 unspecified atom stereocenters. The molecule has 136 valence electrons. The van der Waals surface area contributed by atoms with Crippen LogP contribution in [0.2, 0.25) is 0 Å². The molecule has 1 aliphatic carbocycles. The number of rotatable bonds is 7. The summed E-state index contributed by atoms with van der Waals surface area (Å²) in [6, 6.07) is 2.05. The van der Waals surface area contributed by atoms with E-state index in [1.165, 1.54) is 0 Å². The Morgan fingerprint density at radius 1 is 1.36 bits per heavy atom. The Bertz CT molecular complexity index is 731. The molecule has 1 aromatic rings. The molecule has 2 N–H and O–H groups in total. The molecule has 1 saturated carbocycles. The first-order valence-electron chi connectivity index (χ1n) is 8.67. The molecule has 1 amide bonds. The predicted octanol–water partition coefficient (Wildman–Crippen LogP) is 3.81. The number of carbonyl (C=O) groups excluding carboxylic acids is 1. The molecule has 1 aliphatic rings. The first-order valence-corrected chi connectivity index (χ1v) is 8.67. The van der Waals surface area contributed by atoms with Crippen LogP contribution in [0.4, 0.5) is 5.82 Å². The number of allylic oxidation sites excluding steroid dienone is 1. The number of carbonyl (C=O) groups is 1. The van der Waals surface area contributed by atoms with Gasteiger partial charge in [0.1, 0.15) is 5.82 Å². The van der Waals surface area contributed by atoms with Gasteiger partial charge in [-0.15, -0.1) is 0 Å². The Labute approximate surface area is 150 Å². The van der Waals surface area contributed by atoms with Crippen molar-refractivity contribution in [1.82, 2.24) is 15.1 Å². The minimum absolute atomic E-state index is 0.0665. The fraction of sp³-hybridized carbons (Fsp3) is 0.526. The van der Waals surface area contributed by atoms with Crippen LogP contribution >= 0.6 is 0 Å². The lowest BCUT2D eigenvalue weighted by molar-refractivity contribution is -0.112. The minimum Gasteiger partial charge on any atom is -0.365 e. The second-order valence-corrected chi connectivity index (χ2v) is 7.42. The number of hydrogen-bond donors (Lipinski definition) is 2. The van der Waals surface area contributed by atoms with Gasteiger partial charge in [-0.3, -0.25) is 9.48 Å². The molecule has 0 bridgehead atoms. The third-order valence-electron chi connectivity index (χ3n) is 4.41. The SMILES string of the molecule is C=N/C(NC1(C)CC1)=C(\C)C(C(=O)Nc1ccn(C(C)C)n1)=C(C)C. The van der Waals surface area contributed by atoms with Gasteiger partial charge in [0, 0.05) is 35.0 Å². The summed E-state index contributed by atoms with van der Waals surface area (Å²) in [5, 5.41) is 10.7. The van der Waals surface area contributed by atoms with Crippen molar-refractivity contribution in [2.24, 2.45) is 4.99 Å². The molecule has 1 heterocycles. The van der Waals surface area contributed by atoms with Crippen molar-refractivity contribution in [2.75, 3.05) is 5.32 Å². The third-order valence-corrected chi connectivity index (χ3v) is 4.41. The van der Waals surface area contributed by atoms with Crippen LogP contribution in [-0.4, -0.2) is 27.9 Å². The lowest BCUT2D eigenvalue weighted by Gasteiger charge is -2.18. The monoisotopic (exact) mass is 343 g/mol. The van der Waals surface area contributed by atoms with Gasteiger partial charge in [-0.25, -0.2) is 4.99 Å². The fourth-order valence-corrected chi connectivity index (χ4v) is 2.61. The van der Waals surface area contributed by atoms with E-state index in [0.29, 0.717) is 17.2 Å². The van der Waals surface area contributed by atoms with Gasteiger partial charge in [0.25, 0.3) is 5.91 Å². The Kier molecular flexibility index (Phi) is 5.50. The largest absolute Gasteiger partial charge is 0.365 e. The molecular formula is C19H29N5O. The standard InChI is InChI=1S/C19H29N5O/c1-12(2)16(14(5)17(20-7)22-19(6)9-10-19)18(25)21-15-8-11-24(23-15)13(3)4/h8,11,13,22H,7,9-10H2,1-6H3,(H,21,23,25)/b17-14-. The summed E-state index contributed by atoms with van der Waals surface area (Å²) in [6.45, 7) is 15.6. The van der Waals surface area contributed by atoms with Crippen LogP contribution in [0.3, 0.4) is 0 Å². The van der Waals surface area contributed by atoms with E-state index in [9.17, 15) is 4.79 Å². The highest BCUT2D eigenvalue weighted by Crippen LogP contribution is 2.36. The molecule has 0 aromatic carbocycles. The summed E-state index contributed by atoms with van der Waals surface area (Å²) in [5.74, 6) is 1.02. The van der Waals surface area contributed by atoms with Gasteiger partial charge >= 0.3 is 0 Å². The van der Waals surface area contributed by atoms with Crippen LogP contribution in [0.25, 0.3) is 0 Å². The summed E-state index contributed by atoms with van der Waals surface area (Å²) in [5.41, 5.74) is 2.39. The van der Waals surface area contributed by atoms with Crippen molar-refractivity contribution >= 4 is 18.4 Å². The molecule has 1 fully saturated rings. The summed E-state index contributed by atoms with van der Waals surface area (Å²) in [4.78, 5) is 17.0. The highest BCUT2D eigenvalue weighted by molar-refractivity contribution is 6.07. The zero-order chi connectivity index (χ0) is 18.8. The Morgan fingerprint density at radius 2 is 2.00 bits per heavy atom. The van der Waals surface area contributed by atoms with Gasteiger partial charge in [0.15, 0.2) is 5.82 Å². The first kappa shape index (κ1) is 19.0.